The lowest BCUT2D eigenvalue weighted by Crippen LogP contribution is -2.35. The highest BCUT2D eigenvalue weighted by atomic mass is 17.1. The van der Waals surface area contributed by atoms with E-state index in [9.17, 15) is 15.3 Å². The second-order valence-electron chi connectivity index (χ2n) is 6.95. The van der Waals surface area contributed by atoms with E-state index < -0.39 is 29.9 Å². The summed E-state index contributed by atoms with van der Waals surface area (Å²) in [5.41, 5.74) is 0.852. The third-order valence-electron chi connectivity index (χ3n) is 5.07. The Morgan fingerprint density at radius 3 is 2.71 bits per heavy atom. The summed E-state index contributed by atoms with van der Waals surface area (Å²) in [6.07, 6.45) is -0.0315. The van der Waals surface area contributed by atoms with Crippen molar-refractivity contribution < 1.29 is 35.3 Å². The zero-order chi connectivity index (χ0) is 19.8. The van der Waals surface area contributed by atoms with Crippen LogP contribution in [0.4, 0.5) is 5.82 Å². The predicted molar refractivity (Wildman–Crippen MR) is 89.9 cm³/mol. The number of fused-ring (bicyclic) bond motifs is 1. The number of hydrogen-bond donors (Lipinski definition) is 6. The van der Waals surface area contributed by atoms with Crippen LogP contribution in [0.5, 0.6) is 0 Å². The minimum atomic E-state index is -1.32. The van der Waals surface area contributed by atoms with E-state index in [4.69, 9.17) is 15.2 Å². The Morgan fingerprint density at radius 2 is 2.00 bits per heavy atom. The van der Waals surface area contributed by atoms with Crippen molar-refractivity contribution in [1.29, 1.82) is 0 Å². The zero-order valence-electron chi connectivity index (χ0n) is 14.7. The van der Waals surface area contributed by atoms with Gasteiger partial charge in [0.05, 0.1) is 17.8 Å². The Labute approximate surface area is 158 Å². The van der Waals surface area contributed by atoms with Gasteiger partial charge in [-0.2, -0.15) is 0 Å². The molecule has 3 heterocycles. The number of imidazole rings is 1. The van der Waals surface area contributed by atoms with Gasteiger partial charge in [-0.25, -0.2) is 19.8 Å². The Hall–Kier alpha value is -1.97. The van der Waals surface area contributed by atoms with Crippen molar-refractivity contribution in [1.82, 2.24) is 24.9 Å². The molecule has 4 rings (SSSR count). The Bertz CT molecular complexity index is 819. The van der Waals surface area contributed by atoms with Gasteiger partial charge < -0.3 is 25.4 Å². The number of nitrogens with zero attached hydrogens (tertiary/aromatic N) is 5. The highest BCUT2D eigenvalue weighted by Crippen LogP contribution is 2.33. The monoisotopic (exact) mass is 398 g/mol. The molecule has 6 N–H and O–H groups in total. The number of aliphatic hydroxyl groups is 3. The first kappa shape index (κ1) is 19.4. The lowest BCUT2D eigenvalue weighted by Gasteiger charge is -2.17. The lowest BCUT2D eigenvalue weighted by molar-refractivity contribution is -0.496. The standard InChI is InChI=1S/C15H22N6O7/c22-8-2-1-7(3-8)19-13-10-14(17-5-16-13)20(6-18-10)15-12(24)11(23)9(28-15)4-27-21(25)26/h5-9,11-12,15,22-26H,1-4H2,(H,16,17,19). The van der Waals surface area contributed by atoms with Crippen LogP contribution in [0.2, 0.25) is 0 Å². The molecule has 2 aromatic heterocycles. The molecule has 2 aliphatic rings. The van der Waals surface area contributed by atoms with Crippen molar-refractivity contribution in [3.8, 4) is 0 Å². The number of nitrogens with one attached hydrogen (secondary N) is 1. The van der Waals surface area contributed by atoms with Gasteiger partial charge in [-0.05, 0) is 19.3 Å². The third-order valence-corrected chi connectivity index (χ3v) is 5.07. The SMILES string of the molecule is OC1CCC(Nc2ncnc3c2ncn3C2OC(CON(O)O)C(O)C2O)C1. The van der Waals surface area contributed by atoms with Crippen LogP contribution >= 0.6 is 0 Å². The molecule has 0 radical (unpaired) electrons. The zero-order valence-corrected chi connectivity index (χ0v) is 14.7. The molecule has 28 heavy (non-hydrogen) atoms. The van der Waals surface area contributed by atoms with Crippen molar-refractivity contribution in [2.75, 3.05) is 11.9 Å². The number of aromatic nitrogens is 4. The van der Waals surface area contributed by atoms with Crippen molar-refractivity contribution in [3.63, 3.8) is 0 Å². The Balaban J connectivity index is 1.55. The summed E-state index contributed by atoms with van der Waals surface area (Å²) < 4.78 is 7.08. The fourth-order valence-electron chi connectivity index (χ4n) is 3.66. The first-order chi connectivity index (χ1) is 13.4. The Kier molecular flexibility index (Phi) is 5.39. The second kappa shape index (κ2) is 7.81. The maximum Gasteiger partial charge on any atom is 0.167 e. The summed E-state index contributed by atoms with van der Waals surface area (Å²) in [4.78, 5) is 17.2. The maximum atomic E-state index is 10.3. The average Bonchev–Trinajstić information content (AvgIpc) is 3.34. The van der Waals surface area contributed by atoms with E-state index in [1.807, 2.05) is 0 Å². The molecule has 6 unspecified atom stereocenters. The maximum absolute atomic E-state index is 10.3. The number of rotatable bonds is 6. The minimum Gasteiger partial charge on any atom is -0.393 e. The summed E-state index contributed by atoms with van der Waals surface area (Å²) in [6.45, 7) is -0.389. The summed E-state index contributed by atoms with van der Waals surface area (Å²) >= 11 is 0. The van der Waals surface area contributed by atoms with Gasteiger partial charge in [-0.15, -0.1) is 0 Å². The molecule has 0 amide bonds. The number of anilines is 1. The molecule has 1 saturated carbocycles. The van der Waals surface area contributed by atoms with Gasteiger partial charge in [0.2, 0.25) is 0 Å². The molecule has 6 atom stereocenters. The van der Waals surface area contributed by atoms with E-state index in [1.54, 1.807) is 0 Å². The van der Waals surface area contributed by atoms with Crippen LogP contribution in [0.25, 0.3) is 11.2 Å². The number of aliphatic hydroxyl groups excluding tert-OH is 3. The first-order valence-corrected chi connectivity index (χ1v) is 8.88. The molecule has 2 aromatic rings. The van der Waals surface area contributed by atoms with Crippen molar-refractivity contribution in [2.45, 2.75) is 55.9 Å². The molecular weight excluding hydrogens is 376 g/mol. The summed E-state index contributed by atoms with van der Waals surface area (Å²) in [5, 5.41) is 50.2. The van der Waals surface area contributed by atoms with E-state index in [0.29, 0.717) is 23.4 Å². The number of hydrogen-bond acceptors (Lipinski definition) is 12. The van der Waals surface area contributed by atoms with Gasteiger partial charge >= 0.3 is 0 Å². The summed E-state index contributed by atoms with van der Waals surface area (Å²) in [7, 11) is 0. The third kappa shape index (κ3) is 3.66. The van der Waals surface area contributed by atoms with Crippen molar-refractivity contribution in [2.24, 2.45) is 0 Å². The first-order valence-electron chi connectivity index (χ1n) is 8.88. The lowest BCUT2D eigenvalue weighted by atomic mass is 10.1. The largest absolute Gasteiger partial charge is 0.393 e. The molecule has 13 nitrogen and oxygen atoms in total. The topological polar surface area (TPSA) is 178 Å². The smallest absolute Gasteiger partial charge is 0.167 e. The molecule has 2 fully saturated rings. The summed E-state index contributed by atoms with van der Waals surface area (Å²) in [5.74, 6) is 0.506. The van der Waals surface area contributed by atoms with Crippen molar-refractivity contribution >= 4 is 17.0 Å². The van der Waals surface area contributed by atoms with E-state index in [-0.39, 0.29) is 18.8 Å². The van der Waals surface area contributed by atoms with Crippen LogP contribution in [0, 0.1) is 0 Å². The van der Waals surface area contributed by atoms with Gasteiger partial charge in [0, 0.05) is 6.04 Å². The predicted octanol–water partition coefficient (Wildman–Crippen LogP) is -1.22. The van der Waals surface area contributed by atoms with E-state index in [2.05, 4.69) is 25.1 Å². The van der Waals surface area contributed by atoms with E-state index in [1.165, 1.54) is 17.2 Å². The highest BCUT2D eigenvalue weighted by molar-refractivity contribution is 5.82. The number of ether oxygens (including phenoxy) is 1. The van der Waals surface area contributed by atoms with Crippen LogP contribution in [-0.4, -0.2) is 87.7 Å². The Morgan fingerprint density at radius 1 is 1.18 bits per heavy atom. The van der Waals surface area contributed by atoms with Gasteiger partial charge in [-0.3, -0.25) is 15.0 Å². The normalized spacial score (nSPS) is 33.2. The average molecular weight is 398 g/mol. The highest BCUT2D eigenvalue weighted by Gasteiger charge is 2.44. The molecule has 0 bridgehead atoms. The minimum absolute atomic E-state index is 0.0785. The fraction of sp³-hybridized carbons (Fsp3) is 0.667. The second-order valence-corrected chi connectivity index (χ2v) is 6.95. The quantitative estimate of drug-likeness (QED) is 0.320. The van der Waals surface area contributed by atoms with Crippen LogP contribution in [0.15, 0.2) is 12.7 Å². The molecular formula is C15H22N6O7. The van der Waals surface area contributed by atoms with E-state index >= 15 is 0 Å². The summed E-state index contributed by atoms with van der Waals surface area (Å²) in [6, 6.07) is 0.0785. The molecule has 1 aliphatic heterocycles. The molecule has 13 heteroatoms. The van der Waals surface area contributed by atoms with E-state index in [0.717, 1.165) is 12.8 Å². The van der Waals surface area contributed by atoms with Gasteiger partial charge in [-0.1, -0.05) is 0 Å². The van der Waals surface area contributed by atoms with Crippen LogP contribution in [0.1, 0.15) is 25.5 Å². The molecule has 1 saturated heterocycles. The molecule has 1 aliphatic carbocycles. The molecule has 0 aromatic carbocycles. The van der Waals surface area contributed by atoms with Gasteiger partial charge in [0.25, 0.3) is 0 Å². The van der Waals surface area contributed by atoms with Crippen LogP contribution in [-0.2, 0) is 9.57 Å². The van der Waals surface area contributed by atoms with Gasteiger partial charge in [0.1, 0.15) is 31.2 Å². The van der Waals surface area contributed by atoms with Gasteiger partial charge in [0.15, 0.2) is 23.2 Å². The van der Waals surface area contributed by atoms with Crippen LogP contribution in [0.3, 0.4) is 0 Å². The molecule has 0 spiro atoms. The molecule has 154 valence electrons. The van der Waals surface area contributed by atoms with Crippen molar-refractivity contribution in [3.05, 3.63) is 12.7 Å². The van der Waals surface area contributed by atoms with Crippen LogP contribution < -0.4 is 5.32 Å². The fourth-order valence-corrected chi connectivity index (χ4v) is 3.66.